The fraction of sp³-hybridized carbons (Fsp3) is 0.643. The summed E-state index contributed by atoms with van der Waals surface area (Å²) < 4.78 is 10.7. The van der Waals surface area contributed by atoms with Gasteiger partial charge in [-0.1, -0.05) is 0 Å². The molecule has 19 heavy (non-hydrogen) atoms. The minimum Gasteiger partial charge on any atom is -0.469 e. The number of amides is 1. The van der Waals surface area contributed by atoms with Gasteiger partial charge in [0.1, 0.15) is 11.4 Å². The van der Waals surface area contributed by atoms with Crippen molar-refractivity contribution < 1.29 is 13.9 Å². The predicted molar refractivity (Wildman–Crippen MR) is 72.0 cm³/mol. The molecule has 2 rings (SSSR count). The summed E-state index contributed by atoms with van der Waals surface area (Å²) in [6.07, 6.45) is 2.82. The van der Waals surface area contributed by atoms with E-state index >= 15 is 0 Å². The zero-order valence-electron chi connectivity index (χ0n) is 11.8. The number of carbonyl (C=O) groups is 1. The largest absolute Gasteiger partial charge is 0.469 e. The fourth-order valence-corrected chi connectivity index (χ4v) is 2.31. The molecule has 2 N–H and O–H groups in total. The smallest absolute Gasteiger partial charge is 0.408 e. The average molecular weight is 266 g/mol. The van der Waals surface area contributed by atoms with E-state index in [0.717, 1.165) is 25.3 Å². The van der Waals surface area contributed by atoms with Crippen molar-refractivity contribution in [2.75, 3.05) is 13.1 Å². The van der Waals surface area contributed by atoms with Gasteiger partial charge in [-0.2, -0.15) is 0 Å². The molecule has 1 aromatic heterocycles. The molecule has 0 aliphatic carbocycles. The quantitative estimate of drug-likeness (QED) is 0.879. The van der Waals surface area contributed by atoms with Gasteiger partial charge < -0.3 is 19.8 Å². The minimum atomic E-state index is -0.484. The molecule has 0 unspecified atom stereocenters. The van der Waals surface area contributed by atoms with E-state index in [4.69, 9.17) is 9.15 Å². The van der Waals surface area contributed by atoms with E-state index in [1.165, 1.54) is 0 Å². The first-order valence-electron chi connectivity index (χ1n) is 6.63. The molecule has 0 aromatic carbocycles. The number of rotatable bonds is 3. The maximum atomic E-state index is 12.0. The van der Waals surface area contributed by atoms with Gasteiger partial charge in [0.2, 0.25) is 0 Å². The fourth-order valence-electron chi connectivity index (χ4n) is 2.31. The van der Waals surface area contributed by atoms with Gasteiger partial charge in [-0.15, -0.1) is 0 Å². The summed E-state index contributed by atoms with van der Waals surface area (Å²) in [4.78, 5) is 12.0. The Labute approximate surface area is 113 Å². The van der Waals surface area contributed by atoms with Crippen molar-refractivity contribution >= 4 is 6.09 Å². The molecule has 0 spiro atoms. The van der Waals surface area contributed by atoms with Crippen LogP contribution in [0.1, 0.15) is 33.0 Å². The number of carbonyl (C=O) groups excluding carboxylic acids is 1. The maximum Gasteiger partial charge on any atom is 0.408 e. The van der Waals surface area contributed by atoms with Crippen molar-refractivity contribution in [2.24, 2.45) is 0 Å². The Balaban J connectivity index is 2.01. The standard InChI is InChI=1S/C14H22N2O3/c1-13(2,3)19-12(17)16-14(6-7-15-10-14)9-11-5-4-8-18-11/h4-5,8,15H,6-7,9-10H2,1-3H3,(H,16,17)/t14-/m1/s1. The summed E-state index contributed by atoms with van der Waals surface area (Å²) in [6, 6.07) is 3.79. The summed E-state index contributed by atoms with van der Waals surface area (Å²) in [5.41, 5.74) is -0.803. The third-order valence-corrected chi connectivity index (χ3v) is 3.10. The summed E-state index contributed by atoms with van der Waals surface area (Å²) in [5.74, 6) is 0.875. The van der Waals surface area contributed by atoms with E-state index < -0.39 is 5.60 Å². The van der Waals surface area contributed by atoms with Gasteiger partial charge in [0.15, 0.2) is 0 Å². The van der Waals surface area contributed by atoms with E-state index in [-0.39, 0.29) is 11.6 Å². The van der Waals surface area contributed by atoms with E-state index in [9.17, 15) is 4.79 Å². The van der Waals surface area contributed by atoms with Crippen molar-refractivity contribution in [3.05, 3.63) is 24.2 Å². The Kier molecular flexibility index (Phi) is 3.85. The topological polar surface area (TPSA) is 63.5 Å². The monoisotopic (exact) mass is 266 g/mol. The number of ether oxygens (including phenoxy) is 1. The summed E-state index contributed by atoms with van der Waals surface area (Å²) in [6.45, 7) is 7.19. The average Bonchev–Trinajstić information content (AvgIpc) is 2.87. The van der Waals surface area contributed by atoms with E-state index in [1.54, 1.807) is 6.26 Å². The highest BCUT2D eigenvalue weighted by molar-refractivity contribution is 5.69. The number of nitrogens with one attached hydrogen (secondary N) is 2. The Morgan fingerprint density at radius 3 is 2.89 bits per heavy atom. The van der Waals surface area contributed by atoms with Crippen molar-refractivity contribution in [3.8, 4) is 0 Å². The Morgan fingerprint density at radius 2 is 2.37 bits per heavy atom. The lowest BCUT2D eigenvalue weighted by Gasteiger charge is -2.30. The molecule has 1 aromatic rings. The second-order valence-electron chi connectivity index (χ2n) is 6.09. The molecule has 0 radical (unpaired) electrons. The molecule has 0 saturated carbocycles. The van der Waals surface area contributed by atoms with Crippen molar-refractivity contribution in [1.29, 1.82) is 0 Å². The van der Waals surface area contributed by atoms with Crippen LogP contribution in [0, 0.1) is 0 Å². The van der Waals surface area contributed by atoms with Crippen LogP contribution in [-0.4, -0.2) is 30.3 Å². The third-order valence-electron chi connectivity index (χ3n) is 3.10. The molecule has 2 heterocycles. The molecular weight excluding hydrogens is 244 g/mol. The molecule has 1 amide bonds. The zero-order chi connectivity index (χ0) is 13.9. The highest BCUT2D eigenvalue weighted by atomic mass is 16.6. The normalized spacial score (nSPS) is 23.3. The summed E-state index contributed by atoms with van der Waals surface area (Å²) >= 11 is 0. The lowest BCUT2D eigenvalue weighted by molar-refractivity contribution is 0.0461. The summed E-state index contributed by atoms with van der Waals surface area (Å²) in [5, 5.41) is 6.29. The Bertz CT molecular complexity index is 414. The van der Waals surface area contributed by atoms with Crippen LogP contribution in [0.15, 0.2) is 22.8 Å². The van der Waals surface area contributed by atoms with Gasteiger partial charge >= 0.3 is 6.09 Å². The van der Waals surface area contributed by atoms with Gasteiger partial charge in [-0.25, -0.2) is 4.79 Å². The SMILES string of the molecule is CC(C)(C)OC(=O)N[C@@]1(Cc2ccco2)CCNC1. The molecular formula is C14H22N2O3. The summed E-state index contributed by atoms with van der Waals surface area (Å²) in [7, 11) is 0. The molecule has 5 heteroatoms. The molecule has 1 saturated heterocycles. The van der Waals surface area contributed by atoms with E-state index in [1.807, 2.05) is 32.9 Å². The Morgan fingerprint density at radius 1 is 1.58 bits per heavy atom. The first-order valence-corrected chi connectivity index (χ1v) is 6.63. The number of furan rings is 1. The van der Waals surface area contributed by atoms with Crippen LogP contribution in [0.4, 0.5) is 4.79 Å². The van der Waals surface area contributed by atoms with Gasteiger partial charge in [-0.05, 0) is 45.9 Å². The molecule has 106 valence electrons. The number of hydrogen-bond donors (Lipinski definition) is 2. The highest BCUT2D eigenvalue weighted by Crippen LogP contribution is 2.22. The van der Waals surface area contributed by atoms with Gasteiger partial charge in [0.25, 0.3) is 0 Å². The highest BCUT2D eigenvalue weighted by Gasteiger charge is 2.37. The van der Waals surface area contributed by atoms with Crippen LogP contribution in [-0.2, 0) is 11.2 Å². The van der Waals surface area contributed by atoms with E-state index in [2.05, 4.69) is 10.6 Å². The van der Waals surface area contributed by atoms with Gasteiger partial charge in [0.05, 0.1) is 11.8 Å². The lowest BCUT2D eigenvalue weighted by atomic mass is 9.93. The molecule has 1 atom stereocenters. The number of hydrogen-bond acceptors (Lipinski definition) is 4. The third kappa shape index (κ3) is 3.99. The second-order valence-corrected chi connectivity index (χ2v) is 6.09. The number of alkyl carbamates (subject to hydrolysis) is 1. The van der Waals surface area contributed by atoms with Crippen LogP contribution < -0.4 is 10.6 Å². The molecule has 1 fully saturated rings. The van der Waals surface area contributed by atoms with Crippen LogP contribution in [0.2, 0.25) is 0 Å². The zero-order valence-corrected chi connectivity index (χ0v) is 11.8. The van der Waals surface area contributed by atoms with Crippen LogP contribution >= 0.6 is 0 Å². The van der Waals surface area contributed by atoms with Crippen molar-refractivity contribution in [1.82, 2.24) is 10.6 Å². The molecule has 1 aliphatic rings. The van der Waals surface area contributed by atoms with E-state index in [0.29, 0.717) is 6.42 Å². The van der Waals surface area contributed by atoms with Crippen LogP contribution in [0.3, 0.4) is 0 Å². The molecule has 1 aliphatic heterocycles. The van der Waals surface area contributed by atoms with Crippen molar-refractivity contribution in [2.45, 2.75) is 44.8 Å². The second kappa shape index (κ2) is 5.25. The molecule has 0 bridgehead atoms. The Hall–Kier alpha value is -1.49. The van der Waals surface area contributed by atoms with Crippen molar-refractivity contribution in [3.63, 3.8) is 0 Å². The maximum absolute atomic E-state index is 12.0. The minimum absolute atomic E-state index is 0.319. The predicted octanol–water partition coefficient (Wildman–Crippen LogP) is 2.08. The first kappa shape index (κ1) is 13.9. The van der Waals surface area contributed by atoms with Crippen LogP contribution in [0.5, 0.6) is 0 Å². The lowest BCUT2D eigenvalue weighted by Crippen LogP contribution is -2.53. The first-order chi connectivity index (χ1) is 8.89. The van der Waals surface area contributed by atoms with Gasteiger partial charge in [0, 0.05) is 13.0 Å². The molecule has 5 nitrogen and oxygen atoms in total. The van der Waals surface area contributed by atoms with Gasteiger partial charge in [-0.3, -0.25) is 0 Å². The van der Waals surface area contributed by atoms with Crippen LogP contribution in [0.25, 0.3) is 0 Å².